The normalized spacial score (nSPS) is 20.0. The van der Waals surface area contributed by atoms with Crippen LogP contribution in [0.3, 0.4) is 0 Å². The van der Waals surface area contributed by atoms with Crippen molar-refractivity contribution in [1.82, 2.24) is 15.6 Å². The molecule has 4 nitrogen and oxygen atoms in total. The maximum Gasteiger partial charge on any atom is 0.221 e. The Kier molecular flexibility index (Phi) is 11.4. The lowest BCUT2D eigenvalue weighted by Crippen LogP contribution is -2.43. The summed E-state index contributed by atoms with van der Waals surface area (Å²) in [6.45, 7) is 3.85. The number of nitrogens with one attached hydrogen (secondary N) is 2. The summed E-state index contributed by atoms with van der Waals surface area (Å²) in [7, 11) is 0. The summed E-state index contributed by atoms with van der Waals surface area (Å²) in [5.41, 5.74) is 0. The molecule has 1 amide bonds. The van der Waals surface area contributed by atoms with Crippen LogP contribution in [0.15, 0.2) is 18.5 Å². The van der Waals surface area contributed by atoms with E-state index in [1.54, 1.807) is 0 Å². The van der Waals surface area contributed by atoms with Gasteiger partial charge in [0.1, 0.15) is 5.82 Å². The number of nitrogens with zero attached hydrogens (tertiary/aromatic N) is 1. The minimum absolute atomic E-state index is 0.178. The van der Waals surface area contributed by atoms with Crippen LogP contribution < -0.4 is 10.6 Å². The molecule has 2 heterocycles. The van der Waals surface area contributed by atoms with Crippen molar-refractivity contribution in [3.8, 4) is 0 Å². The first-order valence-corrected chi connectivity index (χ1v) is 9.25. The minimum Gasteiger partial charge on any atom is -0.356 e. The van der Waals surface area contributed by atoms with E-state index in [4.69, 9.17) is 11.6 Å². The topological polar surface area (TPSA) is 54.0 Å². The molecule has 2 N–H and O–H groups in total. The molecule has 3 rings (SSSR count). The van der Waals surface area contributed by atoms with E-state index < -0.39 is 5.82 Å². The van der Waals surface area contributed by atoms with E-state index in [0.717, 1.165) is 25.7 Å². The van der Waals surface area contributed by atoms with E-state index in [1.807, 2.05) is 0 Å². The second kappa shape index (κ2) is 13.1. The van der Waals surface area contributed by atoms with Gasteiger partial charge in [-0.3, -0.25) is 9.78 Å². The molecule has 136 valence electrons. The molecular formula is C18H29ClFN3O. The molecule has 1 aromatic rings. The van der Waals surface area contributed by atoms with Gasteiger partial charge in [0, 0.05) is 25.2 Å². The number of hydrogen-bond acceptors (Lipinski definition) is 3. The predicted molar refractivity (Wildman–Crippen MR) is 96.6 cm³/mol. The first-order chi connectivity index (χ1) is 11.6. The summed E-state index contributed by atoms with van der Waals surface area (Å²) in [6.07, 6.45) is 13.2. The highest BCUT2D eigenvalue weighted by molar-refractivity contribution is 6.30. The van der Waals surface area contributed by atoms with Crippen LogP contribution in [0.4, 0.5) is 4.39 Å². The molecule has 2 fully saturated rings. The molecule has 1 saturated carbocycles. The third kappa shape index (κ3) is 10.6. The Hall–Kier alpha value is -1.20. The number of amides is 1. The molecule has 1 unspecified atom stereocenters. The molecule has 6 heteroatoms. The van der Waals surface area contributed by atoms with Gasteiger partial charge in [-0.25, -0.2) is 4.39 Å². The molecule has 0 bridgehead atoms. The van der Waals surface area contributed by atoms with E-state index in [2.05, 4.69) is 22.5 Å². The zero-order chi connectivity index (χ0) is 17.6. The molecule has 1 aliphatic heterocycles. The lowest BCUT2D eigenvalue weighted by Gasteiger charge is -2.22. The smallest absolute Gasteiger partial charge is 0.221 e. The molecule has 0 aromatic carbocycles. The molecule has 24 heavy (non-hydrogen) atoms. The number of aromatic nitrogens is 1. The van der Waals surface area contributed by atoms with Gasteiger partial charge in [-0.2, -0.15) is 0 Å². The number of piperidine rings is 1. The Morgan fingerprint density at radius 1 is 1.25 bits per heavy atom. The maximum atomic E-state index is 12.0. The van der Waals surface area contributed by atoms with Crippen molar-refractivity contribution in [2.45, 2.75) is 64.3 Å². The summed E-state index contributed by atoms with van der Waals surface area (Å²) in [5, 5.41) is 6.37. The first kappa shape index (κ1) is 20.8. The fourth-order valence-corrected chi connectivity index (χ4v) is 2.85. The second-order valence-corrected chi connectivity index (χ2v) is 6.48. The van der Waals surface area contributed by atoms with Gasteiger partial charge in [0.15, 0.2) is 0 Å². The number of hydrogen-bond donors (Lipinski definition) is 2. The van der Waals surface area contributed by atoms with Crippen LogP contribution in [-0.4, -0.2) is 30.0 Å². The van der Waals surface area contributed by atoms with Gasteiger partial charge in [-0.05, 0) is 19.0 Å². The van der Waals surface area contributed by atoms with Gasteiger partial charge in [0.25, 0.3) is 0 Å². The lowest BCUT2D eigenvalue weighted by atomic mass is 10.0. The third-order valence-electron chi connectivity index (χ3n) is 3.91. The Balaban J connectivity index is 0.000000186. The Bertz CT molecular complexity index is 439. The van der Waals surface area contributed by atoms with Crippen molar-refractivity contribution in [3.05, 3.63) is 29.3 Å². The molecule has 1 saturated heterocycles. The number of halogens is 2. The highest BCUT2D eigenvalue weighted by atomic mass is 35.5. The van der Waals surface area contributed by atoms with E-state index >= 15 is 0 Å². The van der Waals surface area contributed by atoms with Gasteiger partial charge in [-0.15, -0.1) is 0 Å². The fraction of sp³-hybridized carbons (Fsp3) is 0.667. The quantitative estimate of drug-likeness (QED) is 0.838. The first-order valence-electron chi connectivity index (χ1n) is 8.88. The molecule has 1 aliphatic carbocycles. The molecule has 1 aromatic heterocycles. The van der Waals surface area contributed by atoms with E-state index in [9.17, 15) is 9.18 Å². The number of carbonyl (C=O) groups excluding carboxylic acids is 1. The van der Waals surface area contributed by atoms with Gasteiger partial charge in [-0.1, -0.05) is 57.0 Å². The SMILES string of the molecule is C1CCCCC1.CCNC1CCNC(=O)C1.Fc1cncc(Cl)c1. The van der Waals surface area contributed by atoms with Crippen LogP contribution in [0.2, 0.25) is 5.02 Å². The average molecular weight is 358 g/mol. The van der Waals surface area contributed by atoms with Crippen LogP contribution in [0.5, 0.6) is 0 Å². The van der Waals surface area contributed by atoms with Crippen molar-refractivity contribution < 1.29 is 9.18 Å². The zero-order valence-corrected chi connectivity index (χ0v) is 15.2. The average Bonchev–Trinajstić information content (AvgIpc) is 2.58. The van der Waals surface area contributed by atoms with Crippen molar-refractivity contribution >= 4 is 17.5 Å². The number of rotatable bonds is 2. The molecule has 1 atom stereocenters. The van der Waals surface area contributed by atoms with E-state index in [-0.39, 0.29) is 5.91 Å². The van der Waals surface area contributed by atoms with Crippen molar-refractivity contribution in [2.24, 2.45) is 0 Å². The number of pyridine rings is 1. The minimum atomic E-state index is -0.405. The van der Waals surface area contributed by atoms with Crippen LogP contribution in [0.1, 0.15) is 58.3 Å². The molecule has 0 spiro atoms. The maximum absolute atomic E-state index is 12.0. The zero-order valence-electron chi connectivity index (χ0n) is 14.5. The monoisotopic (exact) mass is 357 g/mol. The van der Waals surface area contributed by atoms with Gasteiger partial charge in [0.2, 0.25) is 5.91 Å². The summed E-state index contributed by atoms with van der Waals surface area (Å²) in [6, 6.07) is 1.62. The van der Waals surface area contributed by atoms with Crippen LogP contribution in [-0.2, 0) is 4.79 Å². The van der Waals surface area contributed by atoms with Gasteiger partial charge < -0.3 is 10.6 Å². The third-order valence-corrected chi connectivity index (χ3v) is 4.12. The van der Waals surface area contributed by atoms with Crippen molar-refractivity contribution in [3.63, 3.8) is 0 Å². The highest BCUT2D eigenvalue weighted by Crippen LogP contribution is 2.15. The summed E-state index contributed by atoms with van der Waals surface area (Å²) < 4.78 is 12.0. The molecule has 0 radical (unpaired) electrons. The van der Waals surface area contributed by atoms with Crippen LogP contribution in [0.25, 0.3) is 0 Å². The fourth-order valence-electron chi connectivity index (χ4n) is 2.69. The van der Waals surface area contributed by atoms with Crippen molar-refractivity contribution in [2.75, 3.05) is 13.1 Å². The standard InChI is InChI=1S/C7H14N2O.C6H12.C5H3ClFN/c1-2-8-6-3-4-9-7(10)5-6;1-2-4-6-5-3-1;6-4-1-5(7)3-8-2-4/h6,8H,2-5H2,1H3,(H,9,10);1-6H2;1-3H. The van der Waals surface area contributed by atoms with Gasteiger partial charge >= 0.3 is 0 Å². The summed E-state index contributed by atoms with van der Waals surface area (Å²) >= 11 is 5.34. The number of carbonyl (C=O) groups is 1. The van der Waals surface area contributed by atoms with Crippen LogP contribution in [0, 0.1) is 5.82 Å². The van der Waals surface area contributed by atoms with Crippen molar-refractivity contribution in [1.29, 1.82) is 0 Å². The van der Waals surface area contributed by atoms with Crippen LogP contribution >= 0.6 is 11.6 Å². The highest BCUT2D eigenvalue weighted by Gasteiger charge is 2.16. The van der Waals surface area contributed by atoms with E-state index in [0.29, 0.717) is 17.5 Å². The molecule has 2 aliphatic rings. The Morgan fingerprint density at radius 3 is 2.29 bits per heavy atom. The molecular weight excluding hydrogens is 329 g/mol. The van der Waals surface area contributed by atoms with E-state index in [1.165, 1.54) is 50.8 Å². The summed E-state index contributed by atoms with van der Waals surface area (Å²) in [5.74, 6) is -0.227. The second-order valence-electron chi connectivity index (χ2n) is 6.04. The Morgan fingerprint density at radius 2 is 1.88 bits per heavy atom. The Labute approximate surface area is 149 Å². The van der Waals surface area contributed by atoms with Gasteiger partial charge in [0.05, 0.1) is 11.2 Å². The summed E-state index contributed by atoms with van der Waals surface area (Å²) in [4.78, 5) is 14.3. The predicted octanol–water partition coefficient (Wildman–Crippen LogP) is 4.09. The lowest BCUT2D eigenvalue weighted by molar-refractivity contribution is -0.122. The largest absolute Gasteiger partial charge is 0.356 e.